The van der Waals surface area contributed by atoms with Crippen LogP contribution in [0.25, 0.3) is 22.1 Å². The summed E-state index contributed by atoms with van der Waals surface area (Å²) >= 11 is 0. The van der Waals surface area contributed by atoms with Crippen molar-refractivity contribution in [2.45, 2.75) is 0 Å². The third-order valence-corrected chi connectivity index (χ3v) is 4.27. The molecule has 0 bridgehead atoms. The number of rotatable bonds is 2. The van der Waals surface area contributed by atoms with Crippen LogP contribution in [0.15, 0.2) is 63.8 Å². The van der Waals surface area contributed by atoms with Gasteiger partial charge in [-0.25, -0.2) is 9.59 Å². The van der Waals surface area contributed by atoms with E-state index in [-0.39, 0.29) is 0 Å². The van der Waals surface area contributed by atoms with Crippen LogP contribution in [0.3, 0.4) is 0 Å². The van der Waals surface area contributed by atoms with Crippen LogP contribution in [0.2, 0.25) is 0 Å². The van der Waals surface area contributed by atoms with E-state index < -0.39 is 11.7 Å². The van der Waals surface area contributed by atoms with Gasteiger partial charge in [0.25, 0.3) is 0 Å². The zero-order valence-electron chi connectivity index (χ0n) is 14.0. The van der Waals surface area contributed by atoms with E-state index in [1.807, 2.05) is 30.3 Å². The fraction of sp³-hybridized carbons (Fsp3) is 0.200. The maximum Gasteiger partial charge on any atom is 0.415 e. The summed E-state index contributed by atoms with van der Waals surface area (Å²) in [6.45, 7) is 2.01. The molecule has 1 amide bonds. The summed E-state index contributed by atoms with van der Waals surface area (Å²) in [5, 5.41) is 0.759. The molecule has 2 heterocycles. The molecular formula is C20H17NO5. The maximum absolute atomic E-state index is 12.3. The predicted octanol–water partition coefficient (Wildman–Crippen LogP) is 3.29. The van der Waals surface area contributed by atoms with Gasteiger partial charge in [-0.15, -0.1) is 0 Å². The van der Waals surface area contributed by atoms with Crippen LogP contribution in [0.5, 0.6) is 5.75 Å². The molecule has 0 spiro atoms. The monoisotopic (exact) mass is 351 g/mol. The van der Waals surface area contributed by atoms with Gasteiger partial charge >= 0.3 is 11.7 Å². The normalized spacial score (nSPS) is 14.4. The van der Waals surface area contributed by atoms with E-state index in [9.17, 15) is 9.59 Å². The number of carbonyl (C=O) groups is 1. The summed E-state index contributed by atoms with van der Waals surface area (Å²) in [4.78, 5) is 26.1. The number of carbonyl (C=O) groups excluding carboxylic acids is 1. The largest absolute Gasteiger partial charge is 0.422 e. The molecule has 1 saturated heterocycles. The van der Waals surface area contributed by atoms with Crippen molar-refractivity contribution < 1.29 is 18.7 Å². The van der Waals surface area contributed by atoms with Crippen molar-refractivity contribution in [2.75, 3.05) is 26.3 Å². The van der Waals surface area contributed by atoms with Gasteiger partial charge in [-0.05, 0) is 23.8 Å². The molecule has 0 saturated carbocycles. The molecule has 6 heteroatoms. The standard InChI is InChI=1S/C20H17NO5/c22-19-17(14-4-2-1-3-5-14)12-15-6-7-16(13-18(15)26-19)25-20(23)21-8-10-24-11-9-21/h1-7,12-13H,8-11H2. The first-order valence-electron chi connectivity index (χ1n) is 8.38. The second-order valence-electron chi connectivity index (χ2n) is 5.98. The van der Waals surface area contributed by atoms with E-state index in [1.165, 1.54) is 0 Å². The smallest absolute Gasteiger partial charge is 0.415 e. The first kappa shape index (κ1) is 16.4. The number of ether oxygens (including phenoxy) is 2. The molecule has 1 aliphatic heterocycles. The van der Waals surface area contributed by atoms with Crippen LogP contribution in [0.1, 0.15) is 0 Å². The average Bonchev–Trinajstić information content (AvgIpc) is 2.69. The Morgan fingerprint density at radius 2 is 1.77 bits per heavy atom. The van der Waals surface area contributed by atoms with Crippen LogP contribution in [-0.4, -0.2) is 37.3 Å². The second kappa shape index (κ2) is 7.01. The van der Waals surface area contributed by atoms with Crippen molar-refractivity contribution in [3.8, 4) is 16.9 Å². The van der Waals surface area contributed by atoms with E-state index >= 15 is 0 Å². The van der Waals surface area contributed by atoms with E-state index in [2.05, 4.69) is 0 Å². The molecule has 0 N–H and O–H groups in total. The van der Waals surface area contributed by atoms with Gasteiger partial charge in [0.15, 0.2) is 0 Å². The Bertz CT molecular complexity index is 990. The van der Waals surface area contributed by atoms with E-state index in [0.717, 1.165) is 10.9 Å². The van der Waals surface area contributed by atoms with Crippen molar-refractivity contribution >= 4 is 17.1 Å². The van der Waals surface area contributed by atoms with E-state index in [4.69, 9.17) is 13.9 Å². The predicted molar refractivity (Wildman–Crippen MR) is 96.3 cm³/mol. The van der Waals surface area contributed by atoms with E-state index in [1.54, 1.807) is 29.2 Å². The maximum atomic E-state index is 12.3. The molecule has 0 unspecified atom stereocenters. The molecule has 4 rings (SSSR count). The number of benzene rings is 2. The summed E-state index contributed by atoms with van der Waals surface area (Å²) in [6, 6.07) is 16.1. The van der Waals surface area contributed by atoms with E-state index in [0.29, 0.717) is 43.2 Å². The molecule has 6 nitrogen and oxygen atoms in total. The number of fused-ring (bicyclic) bond motifs is 1. The molecule has 2 aromatic carbocycles. The average molecular weight is 351 g/mol. The molecule has 0 radical (unpaired) electrons. The molecule has 0 atom stereocenters. The van der Waals surface area contributed by atoms with Gasteiger partial charge in [0.2, 0.25) is 0 Å². The SMILES string of the molecule is O=C(Oc1ccc2cc(-c3ccccc3)c(=O)oc2c1)N1CCOCC1. The van der Waals surface area contributed by atoms with Crippen LogP contribution < -0.4 is 10.4 Å². The number of morpholine rings is 1. The van der Waals surface area contributed by atoms with Crippen molar-refractivity contribution in [2.24, 2.45) is 0 Å². The Balaban J connectivity index is 1.61. The summed E-state index contributed by atoms with van der Waals surface area (Å²) in [5.41, 5.74) is 1.24. The minimum absolute atomic E-state index is 0.338. The quantitative estimate of drug-likeness (QED) is 0.663. The molecule has 3 aromatic rings. The highest BCUT2D eigenvalue weighted by Crippen LogP contribution is 2.24. The van der Waals surface area contributed by atoms with Gasteiger partial charge in [-0.1, -0.05) is 30.3 Å². The van der Waals surface area contributed by atoms with Crippen LogP contribution >= 0.6 is 0 Å². The molecule has 0 aliphatic carbocycles. The van der Waals surface area contributed by atoms with Crippen molar-refractivity contribution in [3.63, 3.8) is 0 Å². The summed E-state index contributed by atoms with van der Waals surface area (Å²) in [6.07, 6.45) is -0.434. The molecular weight excluding hydrogens is 334 g/mol. The molecule has 1 aromatic heterocycles. The van der Waals surface area contributed by atoms with Gasteiger partial charge < -0.3 is 18.8 Å². The minimum Gasteiger partial charge on any atom is -0.422 e. The Morgan fingerprint density at radius 3 is 2.54 bits per heavy atom. The first-order valence-corrected chi connectivity index (χ1v) is 8.38. The van der Waals surface area contributed by atoms with Gasteiger partial charge in [0.05, 0.1) is 18.8 Å². The zero-order valence-corrected chi connectivity index (χ0v) is 14.0. The molecule has 1 aliphatic rings. The topological polar surface area (TPSA) is 69.0 Å². The van der Waals surface area contributed by atoms with Crippen molar-refractivity contribution in [3.05, 3.63) is 65.0 Å². The fourth-order valence-corrected chi connectivity index (χ4v) is 2.89. The lowest BCUT2D eigenvalue weighted by Gasteiger charge is -2.25. The lowest BCUT2D eigenvalue weighted by Crippen LogP contribution is -2.42. The van der Waals surface area contributed by atoms with Gasteiger partial charge in [-0.2, -0.15) is 0 Å². The minimum atomic E-state index is -0.434. The highest BCUT2D eigenvalue weighted by atomic mass is 16.6. The highest BCUT2D eigenvalue weighted by molar-refractivity contribution is 5.83. The summed E-state index contributed by atoms with van der Waals surface area (Å²) < 4.78 is 16.0. The summed E-state index contributed by atoms with van der Waals surface area (Å²) in [5.74, 6) is 0.338. The van der Waals surface area contributed by atoms with Crippen molar-refractivity contribution in [1.29, 1.82) is 0 Å². The Morgan fingerprint density at radius 1 is 1.00 bits per heavy atom. The lowest BCUT2D eigenvalue weighted by molar-refractivity contribution is 0.0416. The van der Waals surface area contributed by atoms with Gasteiger partial charge in [-0.3, -0.25) is 0 Å². The fourth-order valence-electron chi connectivity index (χ4n) is 2.89. The zero-order chi connectivity index (χ0) is 17.9. The molecule has 26 heavy (non-hydrogen) atoms. The number of hydrogen-bond donors (Lipinski definition) is 0. The Kier molecular flexibility index (Phi) is 4.41. The highest BCUT2D eigenvalue weighted by Gasteiger charge is 2.19. The first-order chi connectivity index (χ1) is 12.7. The third-order valence-electron chi connectivity index (χ3n) is 4.27. The number of hydrogen-bond acceptors (Lipinski definition) is 5. The lowest BCUT2D eigenvalue weighted by atomic mass is 10.1. The van der Waals surface area contributed by atoms with Gasteiger partial charge in [0, 0.05) is 24.5 Å². The Hall–Kier alpha value is -3.12. The van der Waals surface area contributed by atoms with Crippen LogP contribution in [-0.2, 0) is 4.74 Å². The van der Waals surface area contributed by atoms with Crippen LogP contribution in [0, 0.1) is 0 Å². The summed E-state index contributed by atoms with van der Waals surface area (Å²) in [7, 11) is 0. The van der Waals surface area contributed by atoms with Crippen molar-refractivity contribution in [1.82, 2.24) is 4.90 Å². The third kappa shape index (κ3) is 3.32. The van der Waals surface area contributed by atoms with Crippen LogP contribution in [0.4, 0.5) is 4.79 Å². The Labute approximate surface area is 149 Å². The molecule has 132 valence electrons. The number of nitrogens with zero attached hydrogens (tertiary/aromatic N) is 1. The second-order valence-corrected chi connectivity index (χ2v) is 5.98. The van der Waals surface area contributed by atoms with Gasteiger partial charge in [0.1, 0.15) is 11.3 Å². The molecule has 1 fully saturated rings. The number of amides is 1.